The monoisotopic (exact) mass is 447 g/mol. The minimum atomic E-state index is -1.68. The molecule has 7 N–H and O–H groups in total. The van der Waals surface area contributed by atoms with E-state index in [1.807, 2.05) is 0 Å². The molecule has 1 aliphatic rings. The molecule has 3 aromatic heterocycles. The number of ether oxygens (including phenoxy) is 1. The van der Waals surface area contributed by atoms with Gasteiger partial charge in [0.2, 0.25) is 5.88 Å². The van der Waals surface area contributed by atoms with Gasteiger partial charge in [-0.25, -0.2) is 9.78 Å². The lowest BCUT2D eigenvalue weighted by atomic mass is 9.72. The molecule has 0 spiro atoms. The molecule has 32 heavy (non-hydrogen) atoms. The number of anilines is 1. The van der Waals surface area contributed by atoms with Crippen molar-refractivity contribution in [3.63, 3.8) is 0 Å². The van der Waals surface area contributed by atoms with Crippen molar-refractivity contribution in [2.24, 2.45) is 11.5 Å². The second-order valence-electron chi connectivity index (χ2n) is 7.36. The van der Waals surface area contributed by atoms with Crippen LogP contribution in [0.4, 0.5) is 5.69 Å². The van der Waals surface area contributed by atoms with E-state index in [2.05, 4.69) is 9.97 Å². The number of pyridine rings is 2. The largest absolute Gasteiger partial charge is 0.477 e. The first-order chi connectivity index (χ1) is 15.3. The van der Waals surface area contributed by atoms with Crippen molar-refractivity contribution in [3.8, 4) is 11.6 Å². The number of nitrogens with zero attached hydrogens (tertiary/aromatic N) is 2. The Kier molecular flexibility index (Phi) is 4.45. The highest BCUT2D eigenvalue weighted by molar-refractivity contribution is 7.21. The third-order valence-corrected chi connectivity index (χ3v) is 6.75. The summed E-state index contributed by atoms with van der Waals surface area (Å²) < 4.78 is 6.19. The highest BCUT2D eigenvalue weighted by atomic mass is 32.1. The number of aromatic carboxylic acids is 1. The van der Waals surface area contributed by atoms with E-state index in [4.69, 9.17) is 21.9 Å². The van der Waals surface area contributed by atoms with Crippen LogP contribution in [0.25, 0.3) is 10.1 Å². The van der Waals surface area contributed by atoms with Crippen LogP contribution in [0.2, 0.25) is 0 Å². The number of carboxylic acid groups (broad SMARTS) is 1. The summed E-state index contributed by atoms with van der Waals surface area (Å²) in [5, 5.41) is 10.1. The molecule has 0 amide bonds. The minimum Gasteiger partial charge on any atom is -0.477 e. The van der Waals surface area contributed by atoms with Crippen LogP contribution in [0.1, 0.15) is 32.5 Å². The summed E-state index contributed by atoms with van der Waals surface area (Å²) >= 11 is 0.983. The van der Waals surface area contributed by atoms with Gasteiger partial charge in [-0.05, 0) is 29.8 Å². The lowest BCUT2D eigenvalue weighted by Gasteiger charge is -2.35. The number of Topliss-reactive ketones (excluding diaryl/α,β-unsaturated/α-hetero) is 1. The summed E-state index contributed by atoms with van der Waals surface area (Å²) in [6.45, 7) is 0. The van der Waals surface area contributed by atoms with E-state index < -0.39 is 23.3 Å². The first kappa shape index (κ1) is 20.1. The molecule has 3 heterocycles. The molecule has 10 heteroatoms. The number of hydrogen-bond acceptors (Lipinski definition) is 9. The summed E-state index contributed by atoms with van der Waals surface area (Å²) in [5.74, 6) is -0.920. The topological polar surface area (TPSA) is 167 Å². The molecule has 4 aromatic rings. The zero-order chi connectivity index (χ0) is 22.6. The number of rotatable bonds is 4. The van der Waals surface area contributed by atoms with Gasteiger partial charge in [0.1, 0.15) is 16.2 Å². The number of hydrogen-bond donors (Lipinski definition) is 4. The molecule has 160 valence electrons. The number of benzene rings is 1. The first-order valence-electron chi connectivity index (χ1n) is 9.55. The number of nitrogen functional groups attached to an aromatic ring is 1. The molecule has 1 aliphatic carbocycles. The summed E-state index contributed by atoms with van der Waals surface area (Å²) in [4.78, 5) is 33.7. The van der Waals surface area contributed by atoms with Crippen molar-refractivity contribution in [1.82, 2.24) is 9.97 Å². The summed E-state index contributed by atoms with van der Waals surface area (Å²) in [7, 11) is 0. The number of ketones is 1. The molecule has 0 bridgehead atoms. The highest BCUT2D eigenvalue weighted by Gasteiger charge is 2.49. The van der Waals surface area contributed by atoms with E-state index >= 15 is 0 Å². The molecule has 0 aliphatic heterocycles. The third kappa shape index (κ3) is 2.78. The number of thiophene rings is 1. The fourth-order valence-electron chi connectivity index (χ4n) is 4.01. The number of aromatic nitrogens is 2. The van der Waals surface area contributed by atoms with E-state index in [0.717, 1.165) is 11.3 Å². The normalized spacial score (nSPS) is 19.8. The SMILES string of the molecule is Nc1ccc2c3c(c(C(=O)O)sc13)C(N)C(=O)C2(N)c1ccc(Oc2ccccn2)cn1. The Labute approximate surface area is 185 Å². The standard InChI is InChI=1S/C22H17N5O4S/c23-12-6-5-11-15-16(19(21(29)30)32-18(12)15)17(24)20(28)22(11,25)13-7-4-10(9-27-13)31-14-3-1-2-8-26-14/h1-9,17H,23-25H2,(H,29,30). The average molecular weight is 447 g/mol. The molecule has 0 saturated carbocycles. The van der Waals surface area contributed by atoms with Gasteiger partial charge in [-0.15, -0.1) is 11.3 Å². The Morgan fingerprint density at radius 2 is 1.97 bits per heavy atom. The maximum atomic E-state index is 13.4. The Morgan fingerprint density at radius 1 is 1.16 bits per heavy atom. The average Bonchev–Trinajstić information content (AvgIpc) is 3.20. The van der Waals surface area contributed by atoms with Gasteiger partial charge in [-0.1, -0.05) is 12.1 Å². The summed E-state index contributed by atoms with van der Waals surface area (Å²) in [6, 6.07) is 10.5. The molecule has 2 unspecified atom stereocenters. The molecule has 0 fully saturated rings. The van der Waals surface area contributed by atoms with Gasteiger partial charge < -0.3 is 27.0 Å². The smallest absolute Gasteiger partial charge is 0.346 e. The zero-order valence-corrected chi connectivity index (χ0v) is 17.3. The van der Waals surface area contributed by atoms with Gasteiger partial charge in [0, 0.05) is 28.9 Å². The van der Waals surface area contributed by atoms with Gasteiger partial charge >= 0.3 is 5.97 Å². The van der Waals surface area contributed by atoms with Crippen molar-refractivity contribution in [1.29, 1.82) is 0 Å². The Balaban J connectivity index is 1.66. The predicted octanol–water partition coefficient (Wildman–Crippen LogP) is 2.55. The van der Waals surface area contributed by atoms with Gasteiger partial charge in [0.15, 0.2) is 5.78 Å². The second kappa shape index (κ2) is 7.09. The van der Waals surface area contributed by atoms with E-state index in [9.17, 15) is 14.7 Å². The maximum absolute atomic E-state index is 13.4. The van der Waals surface area contributed by atoms with E-state index in [1.54, 1.807) is 48.7 Å². The fourth-order valence-corrected chi connectivity index (χ4v) is 5.14. The molecule has 5 rings (SSSR count). The van der Waals surface area contributed by atoms with Gasteiger partial charge in [-0.3, -0.25) is 9.78 Å². The van der Waals surface area contributed by atoms with Crippen LogP contribution in [-0.4, -0.2) is 26.8 Å². The molecular formula is C22H17N5O4S. The van der Waals surface area contributed by atoms with Crippen LogP contribution in [-0.2, 0) is 10.3 Å². The van der Waals surface area contributed by atoms with Crippen LogP contribution in [0, 0.1) is 0 Å². The molecular weight excluding hydrogens is 430 g/mol. The predicted molar refractivity (Wildman–Crippen MR) is 119 cm³/mol. The molecule has 0 saturated heterocycles. The van der Waals surface area contributed by atoms with E-state index in [0.29, 0.717) is 33.0 Å². The minimum absolute atomic E-state index is 0.0193. The molecule has 2 atom stereocenters. The van der Waals surface area contributed by atoms with Crippen molar-refractivity contribution >= 4 is 38.9 Å². The second-order valence-corrected chi connectivity index (χ2v) is 8.38. The fraction of sp³-hybridized carbons (Fsp3) is 0.0909. The van der Waals surface area contributed by atoms with Crippen LogP contribution in [0.3, 0.4) is 0 Å². The molecule has 1 aromatic carbocycles. The zero-order valence-electron chi connectivity index (χ0n) is 16.5. The van der Waals surface area contributed by atoms with Crippen molar-refractivity contribution in [2.45, 2.75) is 11.6 Å². The van der Waals surface area contributed by atoms with E-state index in [-0.39, 0.29) is 16.1 Å². The van der Waals surface area contributed by atoms with Crippen LogP contribution in [0.15, 0.2) is 54.9 Å². The lowest BCUT2D eigenvalue weighted by Crippen LogP contribution is -2.53. The van der Waals surface area contributed by atoms with Gasteiger partial charge in [-0.2, -0.15) is 0 Å². The number of carbonyl (C=O) groups is 2. The quantitative estimate of drug-likeness (QED) is 0.344. The van der Waals surface area contributed by atoms with Crippen molar-refractivity contribution in [2.75, 3.05) is 5.73 Å². The number of nitrogens with two attached hydrogens (primary N) is 3. The molecule has 0 radical (unpaired) electrons. The summed E-state index contributed by atoms with van der Waals surface area (Å²) in [6.07, 6.45) is 3.04. The van der Waals surface area contributed by atoms with Gasteiger partial charge in [0.05, 0.1) is 22.6 Å². The third-order valence-electron chi connectivity index (χ3n) is 5.51. The Hall–Kier alpha value is -3.86. The Morgan fingerprint density at radius 3 is 2.62 bits per heavy atom. The number of carboxylic acids is 1. The summed E-state index contributed by atoms with van der Waals surface area (Å²) in [5.41, 5.74) is 18.6. The lowest BCUT2D eigenvalue weighted by molar-refractivity contribution is -0.124. The van der Waals surface area contributed by atoms with Crippen LogP contribution < -0.4 is 21.9 Å². The molecule has 9 nitrogen and oxygen atoms in total. The van der Waals surface area contributed by atoms with Gasteiger partial charge in [0.25, 0.3) is 0 Å². The number of carbonyl (C=O) groups excluding carboxylic acids is 1. The maximum Gasteiger partial charge on any atom is 0.346 e. The van der Waals surface area contributed by atoms with Crippen LogP contribution >= 0.6 is 11.3 Å². The highest BCUT2D eigenvalue weighted by Crippen LogP contribution is 2.49. The van der Waals surface area contributed by atoms with E-state index in [1.165, 1.54) is 6.20 Å². The van der Waals surface area contributed by atoms with Crippen molar-refractivity contribution < 1.29 is 19.4 Å². The van der Waals surface area contributed by atoms with Crippen LogP contribution in [0.5, 0.6) is 11.6 Å². The first-order valence-corrected chi connectivity index (χ1v) is 10.4. The Bertz CT molecular complexity index is 1390. The van der Waals surface area contributed by atoms with Crippen molar-refractivity contribution in [3.05, 3.63) is 76.6 Å².